The molecule has 132 valence electrons. The summed E-state index contributed by atoms with van der Waals surface area (Å²) in [5, 5.41) is 6.81. The molecular weight excluding hydrogens is 354 g/mol. The fourth-order valence-electron chi connectivity index (χ4n) is 2.73. The van der Waals surface area contributed by atoms with Gasteiger partial charge in [0.25, 0.3) is 10.0 Å². The Hall–Kier alpha value is -3.20. The minimum atomic E-state index is -3.75. The number of benzene rings is 1. The van der Waals surface area contributed by atoms with Crippen LogP contribution in [0.2, 0.25) is 0 Å². The summed E-state index contributed by atoms with van der Waals surface area (Å²) in [6.07, 6.45) is 5.69. The number of carbonyl (C=O) groups is 1. The Bertz CT molecular complexity index is 1060. The summed E-state index contributed by atoms with van der Waals surface area (Å²) in [5.41, 5.74) is 1.82. The molecule has 2 aromatic heterocycles. The Labute approximate surface area is 149 Å². The Morgan fingerprint density at radius 3 is 2.77 bits per heavy atom. The number of rotatable bonds is 4. The number of fused-ring (bicyclic) bond motifs is 1. The molecule has 1 aliphatic heterocycles. The first-order valence-electron chi connectivity index (χ1n) is 7.93. The van der Waals surface area contributed by atoms with E-state index in [0.717, 1.165) is 5.56 Å². The molecule has 0 spiro atoms. The van der Waals surface area contributed by atoms with Crippen molar-refractivity contribution in [2.24, 2.45) is 0 Å². The molecule has 2 N–H and O–H groups in total. The normalized spacial score (nSPS) is 13.8. The lowest BCUT2D eigenvalue weighted by Gasteiger charge is -2.17. The lowest BCUT2D eigenvalue weighted by Crippen LogP contribution is -2.20. The fraction of sp³-hybridized carbons (Fsp3) is 0.118. The van der Waals surface area contributed by atoms with Crippen molar-refractivity contribution in [2.75, 3.05) is 10.0 Å². The topological polar surface area (TPSA) is 106 Å². The van der Waals surface area contributed by atoms with Crippen LogP contribution in [0, 0.1) is 0 Å². The maximum Gasteiger partial charge on any atom is 0.261 e. The van der Waals surface area contributed by atoms with Gasteiger partial charge in [-0.1, -0.05) is 0 Å². The van der Waals surface area contributed by atoms with Crippen LogP contribution in [0.4, 0.5) is 11.4 Å². The molecule has 0 fully saturated rings. The van der Waals surface area contributed by atoms with Crippen LogP contribution in [0.3, 0.4) is 0 Å². The number of nitrogens with one attached hydrogen (secondary N) is 2. The predicted octanol–water partition coefficient (Wildman–Crippen LogP) is 1.95. The number of hydrogen-bond acceptors (Lipinski definition) is 5. The van der Waals surface area contributed by atoms with Crippen molar-refractivity contribution in [1.29, 1.82) is 0 Å². The predicted molar refractivity (Wildman–Crippen MR) is 95.6 cm³/mol. The maximum atomic E-state index is 12.6. The number of carbonyl (C=O) groups excluding carboxylic acids is 1. The molecular formula is C17H15N5O3S. The highest BCUT2D eigenvalue weighted by Crippen LogP contribution is 2.26. The molecule has 0 saturated carbocycles. The van der Waals surface area contributed by atoms with Gasteiger partial charge in [-0.15, -0.1) is 0 Å². The zero-order chi connectivity index (χ0) is 18.1. The van der Waals surface area contributed by atoms with Crippen LogP contribution in [-0.2, 0) is 21.2 Å². The Kier molecular flexibility index (Phi) is 3.92. The van der Waals surface area contributed by atoms with E-state index in [2.05, 4.69) is 20.1 Å². The summed E-state index contributed by atoms with van der Waals surface area (Å²) in [6.45, 7) is 0. The van der Waals surface area contributed by atoms with Crippen molar-refractivity contribution in [2.45, 2.75) is 17.7 Å². The quantitative estimate of drug-likeness (QED) is 0.731. The Morgan fingerprint density at radius 2 is 2.04 bits per heavy atom. The molecule has 1 amide bonds. The van der Waals surface area contributed by atoms with Gasteiger partial charge in [0.05, 0.1) is 16.8 Å². The molecule has 0 radical (unpaired) electrons. The van der Waals surface area contributed by atoms with Crippen molar-refractivity contribution in [3.63, 3.8) is 0 Å². The van der Waals surface area contributed by atoms with Gasteiger partial charge in [-0.05, 0) is 48.4 Å². The number of aromatic nitrogens is 3. The molecule has 3 heterocycles. The largest absolute Gasteiger partial charge is 0.326 e. The number of pyridine rings is 1. The minimum Gasteiger partial charge on any atom is -0.326 e. The third-order valence-corrected chi connectivity index (χ3v) is 5.40. The smallest absolute Gasteiger partial charge is 0.261 e. The van der Waals surface area contributed by atoms with E-state index in [-0.39, 0.29) is 10.8 Å². The maximum absolute atomic E-state index is 12.6. The molecule has 9 heteroatoms. The van der Waals surface area contributed by atoms with Gasteiger partial charge in [0.2, 0.25) is 5.91 Å². The van der Waals surface area contributed by atoms with E-state index in [4.69, 9.17) is 0 Å². The van der Waals surface area contributed by atoms with E-state index in [1.165, 1.54) is 12.3 Å². The molecule has 8 nitrogen and oxygen atoms in total. The van der Waals surface area contributed by atoms with Gasteiger partial charge in [0.1, 0.15) is 0 Å². The first-order chi connectivity index (χ1) is 12.5. The highest BCUT2D eigenvalue weighted by Gasteiger charge is 2.20. The second kappa shape index (κ2) is 6.26. The van der Waals surface area contributed by atoms with Crippen LogP contribution in [-0.4, -0.2) is 29.1 Å². The van der Waals surface area contributed by atoms with Gasteiger partial charge in [-0.2, -0.15) is 5.10 Å². The molecule has 0 bridgehead atoms. The zero-order valence-electron chi connectivity index (χ0n) is 13.6. The monoisotopic (exact) mass is 369 g/mol. The van der Waals surface area contributed by atoms with Crippen LogP contribution in [0.1, 0.15) is 12.0 Å². The summed E-state index contributed by atoms with van der Waals surface area (Å²) < 4.78 is 29.3. The van der Waals surface area contributed by atoms with E-state index in [9.17, 15) is 13.2 Å². The first kappa shape index (κ1) is 16.3. The van der Waals surface area contributed by atoms with Gasteiger partial charge < -0.3 is 5.32 Å². The van der Waals surface area contributed by atoms with Gasteiger partial charge >= 0.3 is 0 Å². The second-order valence-corrected chi connectivity index (χ2v) is 7.51. The molecule has 0 atom stereocenters. The number of anilines is 2. The average Bonchev–Trinajstić information content (AvgIpc) is 3.16. The zero-order valence-corrected chi connectivity index (χ0v) is 14.4. The van der Waals surface area contributed by atoms with Crippen LogP contribution in [0.25, 0.3) is 5.82 Å². The SMILES string of the molecule is O=C1CCc2cc(S(=O)(=O)Nc3ccc(-n4cccn4)nc3)ccc2N1. The summed E-state index contributed by atoms with van der Waals surface area (Å²) >= 11 is 0. The van der Waals surface area contributed by atoms with Crippen molar-refractivity contribution >= 4 is 27.3 Å². The number of aryl methyl sites for hydroxylation is 1. The number of nitrogens with zero attached hydrogens (tertiary/aromatic N) is 3. The summed E-state index contributed by atoms with van der Waals surface area (Å²) in [5.74, 6) is 0.525. The number of hydrogen-bond donors (Lipinski definition) is 2. The Morgan fingerprint density at radius 1 is 1.15 bits per heavy atom. The van der Waals surface area contributed by atoms with Crippen molar-refractivity contribution in [3.05, 3.63) is 60.6 Å². The average molecular weight is 369 g/mol. The second-order valence-electron chi connectivity index (χ2n) is 5.83. The number of amides is 1. The summed E-state index contributed by atoms with van der Waals surface area (Å²) in [4.78, 5) is 15.8. The van der Waals surface area contributed by atoms with E-state index in [0.29, 0.717) is 30.0 Å². The molecule has 0 aliphatic carbocycles. The molecule has 0 unspecified atom stereocenters. The molecule has 4 rings (SSSR count). The van der Waals surface area contributed by atoms with E-state index >= 15 is 0 Å². The first-order valence-corrected chi connectivity index (χ1v) is 9.41. The summed E-state index contributed by atoms with van der Waals surface area (Å²) in [6, 6.07) is 9.74. The summed E-state index contributed by atoms with van der Waals surface area (Å²) in [7, 11) is -3.75. The van der Waals surface area contributed by atoms with Crippen LogP contribution < -0.4 is 10.0 Å². The van der Waals surface area contributed by atoms with Crippen LogP contribution in [0.15, 0.2) is 59.9 Å². The lowest BCUT2D eigenvalue weighted by molar-refractivity contribution is -0.116. The van der Waals surface area contributed by atoms with Crippen LogP contribution >= 0.6 is 0 Å². The van der Waals surface area contributed by atoms with Gasteiger partial charge in [-0.3, -0.25) is 9.52 Å². The molecule has 0 saturated heterocycles. The third kappa shape index (κ3) is 3.16. The molecule has 1 aromatic carbocycles. The standard InChI is InChI=1S/C17H15N5O3S/c23-17-7-2-12-10-14(4-5-15(12)20-17)26(24,25)21-13-3-6-16(18-11-13)22-9-1-8-19-22/h1,3-6,8-11,21H,2,7H2,(H,20,23). The Balaban J connectivity index is 1.56. The number of sulfonamides is 1. The van der Waals surface area contributed by atoms with E-state index in [1.807, 2.05) is 0 Å². The molecule has 26 heavy (non-hydrogen) atoms. The fourth-order valence-corrected chi connectivity index (χ4v) is 3.82. The van der Waals surface area contributed by atoms with Gasteiger partial charge in [-0.25, -0.2) is 18.1 Å². The van der Waals surface area contributed by atoms with E-state index < -0.39 is 10.0 Å². The highest BCUT2D eigenvalue weighted by atomic mass is 32.2. The van der Waals surface area contributed by atoms with Crippen molar-refractivity contribution < 1.29 is 13.2 Å². The highest BCUT2D eigenvalue weighted by molar-refractivity contribution is 7.92. The van der Waals surface area contributed by atoms with Crippen molar-refractivity contribution in [1.82, 2.24) is 14.8 Å². The third-order valence-electron chi connectivity index (χ3n) is 4.02. The molecule has 1 aliphatic rings. The van der Waals surface area contributed by atoms with Gasteiger partial charge in [0, 0.05) is 24.5 Å². The van der Waals surface area contributed by atoms with E-state index in [1.54, 1.807) is 47.4 Å². The van der Waals surface area contributed by atoms with Crippen molar-refractivity contribution in [3.8, 4) is 5.82 Å². The minimum absolute atomic E-state index is 0.0606. The lowest BCUT2D eigenvalue weighted by atomic mass is 10.0. The van der Waals surface area contributed by atoms with Gasteiger partial charge in [0.15, 0.2) is 5.82 Å². The van der Waals surface area contributed by atoms with Crippen LogP contribution in [0.5, 0.6) is 0 Å². The molecule has 3 aromatic rings.